The SMILES string of the molecule is COCC(N)C(=O)N1CCN(Cc2ncc(-c3ccccc3)o2)CC1.Cl.Cl. The molecule has 1 unspecified atom stereocenters. The lowest BCUT2D eigenvalue weighted by molar-refractivity contribution is -0.135. The zero-order valence-electron chi connectivity index (χ0n) is 15.2. The first-order valence-electron chi connectivity index (χ1n) is 8.43. The molecule has 2 heterocycles. The number of methoxy groups -OCH3 is 1. The normalized spacial score (nSPS) is 15.6. The van der Waals surface area contributed by atoms with Crippen molar-refractivity contribution < 1.29 is 13.9 Å². The number of hydrogen-bond acceptors (Lipinski definition) is 6. The molecular weight excluding hydrogens is 391 g/mol. The van der Waals surface area contributed by atoms with Crippen LogP contribution in [0, 0.1) is 0 Å². The molecular formula is C18H26Cl2N4O3. The molecule has 1 aromatic heterocycles. The third kappa shape index (κ3) is 6.19. The Labute approximate surface area is 171 Å². The summed E-state index contributed by atoms with van der Waals surface area (Å²) in [5.41, 5.74) is 6.84. The molecule has 9 heteroatoms. The quantitative estimate of drug-likeness (QED) is 0.772. The van der Waals surface area contributed by atoms with Crippen molar-refractivity contribution >= 4 is 30.7 Å². The Kier molecular flexibility index (Phi) is 9.76. The number of aromatic nitrogens is 1. The maximum atomic E-state index is 12.2. The maximum Gasteiger partial charge on any atom is 0.241 e. The van der Waals surface area contributed by atoms with Gasteiger partial charge in [-0.25, -0.2) is 4.98 Å². The van der Waals surface area contributed by atoms with E-state index in [-0.39, 0.29) is 37.3 Å². The topological polar surface area (TPSA) is 84.8 Å². The van der Waals surface area contributed by atoms with Gasteiger partial charge in [-0.3, -0.25) is 9.69 Å². The van der Waals surface area contributed by atoms with Crippen molar-refractivity contribution in [2.75, 3.05) is 39.9 Å². The van der Waals surface area contributed by atoms with Gasteiger partial charge in [-0.2, -0.15) is 0 Å². The maximum absolute atomic E-state index is 12.2. The molecule has 1 amide bonds. The van der Waals surface area contributed by atoms with Crippen molar-refractivity contribution in [3.8, 4) is 11.3 Å². The van der Waals surface area contributed by atoms with Crippen molar-refractivity contribution in [3.63, 3.8) is 0 Å². The molecule has 1 aliphatic rings. The minimum Gasteiger partial charge on any atom is -0.439 e. The van der Waals surface area contributed by atoms with Gasteiger partial charge in [-0.15, -0.1) is 24.8 Å². The van der Waals surface area contributed by atoms with Crippen LogP contribution in [0.15, 0.2) is 40.9 Å². The van der Waals surface area contributed by atoms with E-state index in [1.165, 1.54) is 0 Å². The predicted molar refractivity (Wildman–Crippen MR) is 108 cm³/mol. The van der Waals surface area contributed by atoms with Gasteiger partial charge in [-0.1, -0.05) is 30.3 Å². The Hall–Kier alpha value is -1.64. The second-order valence-corrected chi connectivity index (χ2v) is 6.15. The lowest BCUT2D eigenvalue weighted by atomic mass is 10.2. The summed E-state index contributed by atoms with van der Waals surface area (Å²) in [6.07, 6.45) is 1.76. The number of oxazole rings is 1. The number of nitrogens with two attached hydrogens (primary N) is 1. The third-order valence-electron chi connectivity index (χ3n) is 4.32. The molecule has 27 heavy (non-hydrogen) atoms. The van der Waals surface area contributed by atoms with Crippen molar-refractivity contribution in [3.05, 3.63) is 42.4 Å². The molecule has 2 N–H and O–H groups in total. The van der Waals surface area contributed by atoms with Gasteiger partial charge in [0.1, 0.15) is 6.04 Å². The van der Waals surface area contributed by atoms with Crippen LogP contribution in [0.2, 0.25) is 0 Å². The molecule has 1 saturated heterocycles. The number of carbonyl (C=O) groups excluding carboxylic acids is 1. The first-order chi connectivity index (χ1) is 12.2. The van der Waals surface area contributed by atoms with Crippen molar-refractivity contribution in [1.29, 1.82) is 0 Å². The van der Waals surface area contributed by atoms with Crippen molar-refractivity contribution in [2.24, 2.45) is 5.73 Å². The first kappa shape index (κ1) is 23.4. The number of nitrogens with zero attached hydrogens (tertiary/aromatic N) is 3. The predicted octanol–water partition coefficient (Wildman–Crippen LogP) is 1.80. The summed E-state index contributed by atoms with van der Waals surface area (Å²) in [5.74, 6) is 1.41. The second kappa shape index (κ2) is 11.3. The van der Waals surface area contributed by atoms with Crippen LogP contribution in [0.5, 0.6) is 0 Å². The summed E-state index contributed by atoms with van der Waals surface area (Å²) in [6.45, 7) is 3.74. The number of piperazine rings is 1. The molecule has 0 radical (unpaired) electrons. The number of hydrogen-bond donors (Lipinski definition) is 1. The molecule has 3 rings (SSSR count). The summed E-state index contributed by atoms with van der Waals surface area (Å²) >= 11 is 0. The lowest BCUT2D eigenvalue weighted by Crippen LogP contribution is -2.53. The van der Waals surface area contributed by atoms with E-state index in [4.69, 9.17) is 14.9 Å². The fourth-order valence-corrected chi connectivity index (χ4v) is 2.92. The van der Waals surface area contributed by atoms with E-state index in [0.29, 0.717) is 25.5 Å². The summed E-state index contributed by atoms with van der Waals surface area (Å²) < 4.78 is 10.8. The Bertz CT molecular complexity index is 691. The minimum atomic E-state index is -0.586. The number of halogens is 2. The number of ether oxygens (including phenoxy) is 1. The zero-order chi connectivity index (χ0) is 17.6. The van der Waals surface area contributed by atoms with Gasteiger partial charge in [0, 0.05) is 38.9 Å². The highest BCUT2D eigenvalue weighted by Crippen LogP contribution is 2.20. The fraction of sp³-hybridized carbons (Fsp3) is 0.444. The van der Waals surface area contributed by atoms with E-state index >= 15 is 0 Å². The van der Waals surface area contributed by atoms with Crippen LogP contribution in [0.25, 0.3) is 11.3 Å². The highest BCUT2D eigenvalue weighted by atomic mass is 35.5. The van der Waals surface area contributed by atoms with Gasteiger partial charge >= 0.3 is 0 Å². The van der Waals surface area contributed by atoms with E-state index in [2.05, 4.69) is 9.88 Å². The standard InChI is InChI=1S/C18H24N4O3.2ClH/c1-24-13-15(19)18(23)22-9-7-21(8-10-22)12-17-20-11-16(25-17)14-5-3-2-4-6-14;;/h2-6,11,15H,7-10,12-13,19H2,1H3;2*1H. The van der Waals surface area contributed by atoms with E-state index in [1.54, 1.807) is 18.2 Å². The van der Waals surface area contributed by atoms with E-state index in [9.17, 15) is 4.79 Å². The molecule has 0 aliphatic carbocycles. The van der Waals surface area contributed by atoms with Crippen LogP contribution in [0.1, 0.15) is 5.89 Å². The minimum absolute atomic E-state index is 0. The third-order valence-corrected chi connectivity index (χ3v) is 4.32. The van der Waals surface area contributed by atoms with Gasteiger partial charge in [0.25, 0.3) is 0 Å². The molecule has 2 aromatic rings. The van der Waals surface area contributed by atoms with Gasteiger partial charge in [-0.05, 0) is 0 Å². The van der Waals surface area contributed by atoms with E-state index < -0.39 is 6.04 Å². The Morgan fingerprint density at radius 3 is 2.52 bits per heavy atom. The largest absolute Gasteiger partial charge is 0.439 e. The number of carbonyl (C=O) groups is 1. The lowest BCUT2D eigenvalue weighted by Gasteiger charge is -2.35. The van der Waals surface area contributed by atoms with E-state index in [0.717, 1.165) is 24.4 Å². The van der Waals surface area contributed by atoms with E-state index in [1.807, 2.05) is 30.3 Å². The molecule has 1 aliphatic heterocycles. The van der Waals surface area contributed by atoms with Gasteiger partial charge in [0.15, 0.2) is 5.76 Å². The Morgan fingerprint density at radius 2 is 1.89 bits per heavy atom. The van der Waals surface area contributed by atoms with Crippen molar-refractivity contribution in [2.45, 2.75) is 12.6 Å². The molecule has 1 fully saturated rings. The molecule has 0 bridgehead atoms. The second-order valence-electron chi connectivity index (χ2n) is 6.15. The fourth-order valence-electron chi connectivity index (χ4n) is 2.92. The first-order valence-corrected chi connectivity index (χ1v) is 8.43. The highest BCUT2D eigenvalue weighted by molar-refractivity contribution is 5.85. The Balaban J connectivity index is 0.00000182. The number of amides is 1. The van der Waals surface area contributed by atoms with Crippen LogP contribution >= 0.6 is 24.8 Å². The average Bonchev–Trinajstić information content (AvgIpc) is 3.11. The van der Waals surface area contributed by atoms with Crippen LogP contribution in [-0.4, -0.2) is 66.6 Å². The average molecular weight is 417 g/mol. The smallest absolute Gasteiger partial charge is 0.241 e. The van der Waals surface area contributed by atoms with Gasteiger partial charge in [0.05, 0.1) is 19.3 Å². The van der Waals surface area contributed by atoms with Crippen LogP contribution in [-0.2, 0) is 16.1 Å². The molecule has 1 aromatic carbocycles. The summed E-state index contributed by atoms with van der Waals surface area (Å²) in [4.78, 5) is 20.6. The molecule has 1 atom stereocenters. The molecule has 0 spiro atoms. The van der Waals surface area contributed by atoms with Crippen LogP contribution in [0.4, 0.5) is 0 Å². The highest BCUT2D eigenvalue weighted by Gasteiger charge is 2.25. The Morgan fingerprint density at radius 1 is 1.22 bits per heavy atom. The zero-order valence-corrected chi connectivity index (χ0v) is 16.9. The number of rotatable bonds is 6. The molecule has 150 valence electrons. The monoisotopic (exact) mass is 416 g/mol. The van der Waals surface area contributed by atoms with Crippen LogP contribution in [0.3, 0.4) is 0 Å². The summed E-state index contributed by atoms with van der Waals surface area (Å²) in [5, 5.41) is 0. The molecule has 7 nitrogen and oxygen atoms in total. The molecule has 0 saturated carbocycles. The van der Waals surface area contributed by atoms with Gasteiger partial charge < -0.3 is 19.8 Å². The summed E-state index contributed by atoms with van der Waals surface area (Å²) in [6, 6.07) is 9.33. The van der Waals surface area contributed by atoms with Gasteiger partial charge in [0.2, 0.25) is 11.8 Å². The van der Waals surface area contributed by atoms with Crippen LogP contribution < -0.4 is 5.73 Å². The summed E-state index contributed by atoms with van der Waals surface area (Å²) in [7, 11) is 1.55. The number of benzene rings is 1. The van der Waals surface area contributed by atoms with Crippen molar-refractivity contribution in [1.82, 2.24) is 14.8 Å².